The van der Waals surface area contributed by atoms with E-state index in [0.29, 0.717) is 18.0 Å². The lowest BCUT2D eigenvalue weighted by Gasteiger charge is -2.22. The summed E-state index contributed by atoms with van der Waals surface area (Å²) < 4.78 is 2.04. The average molecular weight is 300 g/mol. The Bertz CT molecular complexity index is 675. The second-order valence-electron chi connectivity index (χ2n) is 5.72. The van der Waals surface area contributed by atoms with Crippen LogP contribution in [0.25, 0.3) is 0 Å². The van der Waals surface area contributed by atoms with Crippen LogP contribution < -0.4 is 5.32 Å². The molecule has 0 aromatic carbocycles. The van der Waals surface area contributed by atoms with Crippen LogP contribution in [0.4, 0.5) is 0 Å². The van der Waals surface area contributed by atoms with Gasteiger partial charge in [0.05, 0.1) is 17.3 Å². The van der Waals surface area contributed by atoms with E-state index in [4.69, 9.17) is 0 Å². The van der Waals surface area contributed by atoms with E-state index in [0.717, 1.165) is 42.8 Å². The van der Waals surface area contributed by atoms with E-state index in [1.165, 1.54) is 6.20 Å². The molecule has 22 heavy (non-hydrogen) atoms. The highest BCUT2D eigenvalue weighted by molar-refractivity contribution is 5.89. The number of nitrogens with zero attached hydrogens (tertiary/aromatic N) is 3. The minimum atomic E-state index is -0.916. The normalized spacial score (nSPS) is 15.9. The van der Waals surface area contributed by atoms with Crippen molar-refractivity contribution in [1.29, 1.82) is 0 Å². The molecule has 6 heteroatoms. The third-order valence-electron chi connectivity index (χ3n) is 4.22. The summed E-state index contributed by atoms with van der Waals surface area (Å²) in [7, 11) is 0. The van der Waals surface area contributed by atoms with Gasteiger partial charge in [-0.3, -0.25) is 9.67 Å². The monoisotopic (exact) mass is 300 g/mol. The van der Waals surface area contributed by atoms with Gasteiger partial charge >= 0.3 is 5.97 Å². The van der Waals surface area contributed by atoms with E-state index in [2.05, 4.69) is 21.6 Å². The summed E-state index contributed by atoms with van der Waals surface area (Å²) >= 11 is 0. The number of aromatic nitrogens is 3. The number of hydrogen-bond donors (Lipinski definition) is 2. The molecule has 1 saturated heterocycles. The van der Waals surface area contributed by atoms with Crippen molar-refractivity contribution >= 4 is 5.97 Å². The number of hydrogen-bond acceptors (Lipinski definition) is 4. The Hall–Kier alpha value is -2.21. The molecule has 0 saturated carbocycles. The van der Waals surface area contributed by atoms with Crippen LogP contribution >= 0.6 is 0 Å². The van der Waals surface area contributed by atoms with Gasteiger partial charge in [0, 0.05) is 25.0 Å². The van der Waals surface area contributed by atoms with E-state index in [-0.39, 0.29) is 0 Å². The number of aryl methyl sites for hydroxylation is 1. The van der Waals surface area contributed by atoms with Crippen molar-refractivity contribution in [3.05, 3.63) is 47.0 Å². The first-order chi connectivity index (χ1) is 10.6. The van der Waals surface area contributed by atoms with Gasteiger partial charge in [0.15, 0.2) is 0 Å². The van der Waals surface area contributed by atoms with Crippen LogP contribution in [0.15, 0.2) is 24.7 Å². The summed E-state index contributed by atoms with van der Waals surface area (Å²) in [6.07, 6.45) is 7.90. The lowest BCUT2D eigenvalue weighted by molar-refractivity contribution is 0.0695. The Balaban J connectivity index is 1.84. The smallest absolute Gasteiger partial charge is 0.336 e. The topological polar surface area (TPSA) is 80.0 Å². The first-order valence-electron chi connectivity index (χ1n) is 7.56. The molecule has 2 N–H and O–H groups in total. The maximum Gasteiger partial charge on any atom is 0.336 e. The molecule has 1 aliphatic rings. The van der Waals surface area contributed by atoms with Gasteiger partial charge in [-0.05, 0) is 50.0 Å². The summed E-state index contributed by atoms with van der Waals surface area (Å²) in [5.74, 6) is -0.916. The van der Waals surface area contributed by atoms with E-state index in [9.17, 15) is 9.90 Å². The fourth-order valence-electron chi connectivity index (χ4n) is 2.93. The van der Waals surface area contributed by atoms with Crippen molar-refractivity contribution < 1.29 is 9.90 Å². The molecule has 0 amide bonds. The van der Waals surface area contributed by atoms with Crippen molar-refractivity contribution in [2.45, 2.75) is 32.2 Å². The lowest BCUT2D eigenvalue weighted by Crippen LogP contribution is -2.29. The molecule has 0 bridgehead atoms. The lowest BCUT2D eigenvalue weighted by atomic mass is 10.0. The first kappa shape index (κ1) is 14.7. The number of piperidine rings is 1. The number of carboxylic acid groups (broad SMARTS) is 1. The van der Waals surface area contributed by atoms with Gasteiger partial charge in [-0.25, -0.2) is 4.79 Å². The second kappa shape index (κ2) is 6.27. The minimum absolute atomic E-state index is 0.309. The predicted octanol–water partition coefficient (Wildman–Crippen LogP) is 1.80. The van der Waals surface area contributed by atoms with Crippen molar-refractivity contribution in [3.63, 3.8) is 0 Å². The first-order valence-corrected chi connectivity index (χ1v) is 7.56. The Morgan fingerprint density at radius 1 is 1.41 bits per heavy atom. The maximum atomic E-state index is 11.3. The zero-order valence-corrected chi connectivity index (χ0v) is 12.6. The number of carboxylic acids is 1. The van der Waals surface area contributed by atoms with Gasteiger partial charge in [-0.15, -0.1) is 0 Å². The molecular weight excluding hydrogens is 280 g/mol. The quantitative estimate of drug-likeness (QED) is 0.900. The van der Waals surface area contributed by atoms with E-state index >= 15 is 0 Å². The summed E-state index contributed by atoms with van der Waals surface area (Å²) in [5.41, 5.74) is 3.06. The molecule has 2 aromatic heterocycles. The van der Waals surface area contributed by atoms with Crippen LogP contribution in [0.1, 0.15) is 46.1 Å². The van der Waals surface area contributed by atoms with Crippen LogP contribution in [0.3, 0.4) is 0 Å². The van der Waals surface area contributed by atoms with Crippen LogP contribution in [-0.4, -0.2) is 38.9 Å². The maximum absolute atomic E-state index is 11.3. The SMILES string of the molecule is Cc1nn(C2CCNCC2)cc1Cc1cnccc1C(=O)O. The predicted molar refractivity (Wildman–Crippen MR) is 82.1 cm³/mol. The van der Waals surface area contributed by atoms with Gasteiger partial charge in [0.25, 0.3) is 0 Å². The van der Waals surface area contributed by atoms with Crippen LogP contribution in [0.5, 0.6) is 0 Å². The summed E-state index contributed by atoms with van der Waals surface area (Å²) in [6, 6.07) is 1.98. The zero-order chi connectivity index (χ0) is 15.5. The molecule has 2 aromatic rings. The largest absolute Gasteiger partial charge is 0.478 e. The van der Waals surface area contributed by atoms with Gasteiger partial charge in [0.2, 0.25) is 0 Å². The molecule has 0 unspecified atom stereocenters. The van der Waals surface area contributed by atoms with Crippen molar-refractivity contribution in [2.75, 3.05) is 13.1 Å². The van der Waals surface area contributed by atoms with E-state index < -0.39 is 5.97 Å². The van der Waals surface area contributed by atoms with Gasteiger partial charge in [-0.2, -0.15) is 5.10 Å². The molecule has 1 fully saturated rings. The summed E-state index contributed by atoms with van der Waals surface area (Å²) in [5, 5.41) is 17.2. The molecule has 0 radical (unpaired) electrons. The molecule has 0 aliphatic carbocycles. The van der Waals surface area contributed by atoms with Crippen LogP contribution in [0, 0.1) is 6.92 Å². The zero-order valence-electron chi connectivity index (χ0n) is 12.6. The highest BCUT2D eigenvalue weighted by Gasteiger charge is 2.18. The highest BCUT2D eigenvalue weighted by atomic mass is 16.4. The Morgan fingerprint density at radius 2 is 2.18 bits per heavy atom. The van der Waals surface area contributed by atoms with E-state index in [1.54, 1.807) is 12.3 Å². The standard InChI is InChI=1S/C16H20N4O2/c1-11-13(8-12-9-18-7-4-15(12)16(21)22)10-20(19-11)14-2-5-17-6-3-14/h4,7,9-10,14,17H,2-3,5-6,8H2,1H3,(H,21,22). The van der Waals surface area contributed by atoms with Crippen molar-refractivity contribution in [3.8, 4) is 0 Å². The van der Waals surface area contributed by atoms with Gasteiger partial charge < -0.3 is 10.4 Å². The van der Waals surface area contributed by atoms with Crippen molar-refractivity contribution in [2.24, 2.45) is 0 Å². The average Bonchev–Trinajstić information content (AvgIpc) is 2.90. The summed E-state index contributed by atoms with van der Waals surface area (Å²) in [6.45, 7) is 4.01. The molecule has 116 valence electrons. The minimum Gasteiger partial charge on any atom is -0.478 e. The van der Waals surface area contributed by atoms with Crippen molar-refractivity contribution in [1.82, 2.24) is 20.1 Å². The molecule has 3 heterocycles. The second-order valence-corrected chi connectivity index (χ2v) is 5.72. The number of nitrogens with one attached hydrogen (secondary N) is 1. The molecule has 6 nitrogen and oxygen atoms in total. The number of rotatable bonds is 4. The van der Waals surface area contributed by atoms with Gasteiger partial charge in [-0.1, -0.05) is 0 Å². The number of pyridine rings is 1. The highest BCUT2D eigenvalue weighted by Crippen LogP contribution is 2.22. The van der Waals surface area contributed by atoms with Gasteiger partial charge in [0.1, 0.15) is 0 Å². The Labute approximate surface area is 129 Å². The van der Waals surface area contributed by atoms with Crippen LogP contribution in [-0.2, 0) is 6.42 Å². The Morgan fingerprint density at radius 3 is 2.91 bits per heavy atom. The fourth-order valence-corrected chi connectivity index (χ4v) is 2.93. The third-order valence-corrected chi connectivity index (χ3v) is 4.22. The molecule has 1 aliphatic heterocycles. The molecule has 3 rings (SSSR count). The molecular formula is C16H20N4O2. The number of carbonyl (C=O) groups is 1. The fraction of sp³-hybridized carbons (Fsp3) is 0.438. The third kappa shape index (κ3) is 3.01. The van der Waals surface area contributed by atoms with E-state index in [1.807, 2.05) is 11.6 Å². The molecule has 0 spiro atoms. The molecule has 0 atom stereocenters. The Kier molecular flexibility index (Phi) is 4.20. The summed E-state index contributed by atoms with van der Waals surface area (Å²) in [4.78, 5) is 15.3. The number of aromatic carboxylic acids is 1. The van der Waals surface area contributed by atoms with Crippen LogP contribution in [0.2, 0.25) is 0 Å².